The maximum atomic E-state index is 5.37. The maximum Gasteiger partial charge on any atom is 0.160 e. The molecule has 13 rings (SSSR count). The molecule has 66 heavy (non-hydrogen) atoms. The summed E-state index contributed by atoms with van der Waals surface area (Å²) >= 11 is 0. The van der Waals surface area contributed by atoms with Crippen molar-refractivity contribution in [2.75, 3.05) is 0 Å². The van der Waals surface area contributed by atoms with Gasteiger partial charge in [-0.25, -0.2) is 9.97 Å². The Morgan fingerprint density at radius 1 is 0.348 bits per heavy atom. The molecule has 0 amide bonds. The first-order chi connectivity index (χ1) is 32.5. The summed E-state index contributed by atoms with van der Waals surface area (Å²) in [7, 11) is 0. The largest absolute Gasteiger partial charge is 0.309 e. The van der Waals surface area contributed by atoms with Crippen LogP contribution in [0, 0.1) is 0 Å². The van der Waals surface area contributed by atoms with Crippen LogP contribution in [0.1, 0.15) is 25.0 Å². The van der Waals surface area contributed by atoms with Crippen molar-refractivity contribution in [1.82, 2.24) is 14.5 Å². The highest BCUT2D eigenvalue weighted by molar-refractivity contribution is 6.11. The minimum absolute atomic E-state index is 0.162. The van der Waals surface area contributed by atoms with Crippen LogP contribution in [-0.2, 0) is 5.41 Å². The lowest BCUT2D eigenvalue weighted by molar-refractivity contribution is 0.661. The molecule has 310 valence electrons. The van der Waals surface area contributed by atoms with Gasteiger partial charge in [0, 0.05) is 38.6 Å². The molecule has 0 atom stereocenters. The molecule has 0 radical (unpaired) electrons. The van der Waals surface area contributed by atoms with E-state index in [1.54, 1.807) is 0 Å². The van der Waals surface area contributed by atoms with Gasteiger partial charge in [0.1, 0.15) is 0 Å². The average Bonchev–Trinajstić information content (AvgIpc) is 3.83. The maximum absolute atomic E-state index is 5.37. The molecule has 0 saturated carbocycles. The second-order valence-corrected chi connectivity index (χ2v) is 18.1. The molecule has 0 saturated heterocycles. The van der Waals surface area contributed by atoms with Gasteiger partial charge in [-0.1, -0.05) is 190 Å². The molecule has 0 N–H and O–H groups in total. The first-order valence-electron chi connectivity index (χ1n) is 22.8. The normalized spacial score (nSPS) is 12.8. The molecule has 2 heterocycles. The van der Waals surface area contributed by atoms with Crippen molar-refractivity contribution < 1.29 is 0 Å². The van der Waals surface area contributed by atoms with Crippen LogP contribution in [0.25, 0.3) is 116 Å². The molecule has 0 unspecified atom stereocenters. The summed E-state index contributed by atoms with van der Waals surface area (Å²) < 4.78 is 2.37. The van der Waals surface area contributed by atoms with Crippen LogP contribution < -0.4 is 0 Å². The fourth-order valence-electron chi connectivity index (χ4n) is 10.7. The number of aromatic nitrogens is 3. The summed E-state index contributed by atoms with van der Waals surface area (Å²) in [6, 6.07) is 81.4. The highest BCUT2D eigenvalue weighted by atomic mass is 15.0. The second-order valence-electron chi connectivity index (χ2n) is 18.1. The van der Waals surface area contributed by atoms with Crippen molar-refractivity contribution in [2.45, 2.75) is 19.3 Å². The molecule has 12 aromatic rings. The second kappa shape index (κ2) is 14.8. The molecule has 10 aromatic carbocycles. The van der Waals surface area contributed by atoms with Gasteiger partial charge < -0.3 is 4.57 Å². The van der Waals surface area contributed by atoms with E-state index in [1.165, 1.54) is 88.2 Å². The molecule has 0 bridgehead atoms. The molecule has 1 aliphatic rings. The van der Waals surface area contributed by atoms with Crippen LogP contribution in [-0.4, -0.2) is 14.5 Å². The molecule has 3 heteroatoms. The van der Waals surface area contributed by atoms with Gasteiger partial charge >= 0.3 is 0 Å². The van der Waals surface area contributed by atoms with Gasteiger partial charge in [0.15, 0.2) is 5.82 Å². The molecule has 0 aliphatic heterocycles. The predicted molar refractivity (Wildman–Crippen MR) is 276 cm³/mol. The highest BCUT2D eigenvalue weighted by Crippen LogP contribution is 2.53. The van der Waals surface area contributed by atoms with E-state index in [2.05, 4.69) is 237 Å². The smallest absolute Gasteiger partial charge is 0.160 e. The summed E-state index contributed by atoms with van der Waals surface area (Å²) in [5.74, 6) is 0.711. The monoisotopic (exact) mass is 841 g/mol. The fourth-order valence-corrected chi connectivity index (χ4v) is 10.7. The summed E-state index contributed by atoms with van der Waals surface area (Å²) in [6.07, 6.45) is 0. The van der Waals surface area contributed by atoms with E-state index >= 15 is 0 Å². The van der Waals surface area contributed by atoms with E-state index in [0.29, 0.717) is 5.82 Å². The van der Waals surface area contributed by atoms with Gasteiger partial charge in [0.05, 0.1) is 22.4 Å². The van der Waals surface area contributed by atoms with Crippen LogP contribution in [0.15, 0.2) is 224 Å². The van der Waals surface area contributed by atoms with E-state index in [-0.39, 0.29) is 5.41 Å². The van der Waals surface area contributed by atoms with Crippen molar-refractivity contribution in [3.05, 3.63) is 236 Å². The van der Waals surface area contributed by atoms with E-state index in [4.69, 9.17) is 9.97 Å². The summed E-state index contributed by atoms with van der Waals surface area (Å²) in [5.41, 5.74) is 18.4. The lowest BCUT2D eigenvalue weighted by atomic mass is 9.81. The first-order valence-corrected chi connectivity index (χ1v) is 22.8. The zero-order chi connectivity index (χ0) is 43.9. The quantitative estimate of drug-likeness (QED) is 0.167. The van der Waals surface area contributed by atoms with Gasteiger partial charge in [0.25, 0.3) is 0 Å². The zero-order valence-corrected chi connectivity index (χ0v) is 36.7. The Morgan fingerprint density at radius 2 is 0.939 bits per heavy atom. The van der Waals surface area contributed by atoms with Crippen molar-refractivity contribution in [3.8, 4) is 73.0 Å². The zero-order valence-electron chi connectivity index (χ0n) is 36.7. The fraction of sp³-hybridized carbons (Fsp3) is 0.0476. The topological polar surface area (TPSA) is 30.7 Å². The van der Waals surface area contributed by atoms with Crippen molar-refractivity contribution in [2.24, 2.45) is 0 Å². The minimum atomic E-state index is -0.162. The van der Waals surface area contributed by atoms with E-state index in [0.717, 1.165) is 33.5 Å². The minimum Gasteiger partial charge on any atom is -0.309 e. The van der Waals surface area contributed by atoms with Gasteiger partial charge in [-0.15, -0.1) is 0 Å². The Bertz CT molecular complexity index is 3880. The average molecular weight is 842 g/mol. The standard InChI is InChI=1S/C63H43N3/c1-63(2)55-26-15-25-52(61(55)54-37-43-18-9-10-19-44(43)38-56(54)63)58-39-57(64-62(65-58)42-16-5-3-6-17-42)50-34-33-47(48-22-11-12-23-49(48)50)41-30-28-40(29-31-41)45-32-35-60-53(36-45)51-24-13-14-27-59(51)66(60)46-20-7-4-8-21-46/h3-39H,1-2H3. The van der Waals surface area contributed by atoms with Crippen molar-refractivity contribution >= 4 is 43.4 Å². The third-order valence-corrected chi connectivity index (χ3v) is 14.0. The van der Waals surface area contributed by atoms with E-state index in [9.17, 15) is 0 Å². The summed E-state index contributed by atoms with van der Waals surface area (Å²) in [5, 5.41) is 7.35. The third-order valence-electron chi connectivity index (χ3n) is 14.0. The number of benzene rings is 10. The molecule has 2 aromatic heterocycles. The van der Waals surface area contributed by atoms with Crippen LogP contribution >= 0.6 is 0 Å². The summed E-state index contributed by atoms with van der Waals surface area (Å²) in [4.78, 5) is 10.7. The predicted octanol–water partition coefficient (Wildman–Crippen LogP) is 16.5. The Kier molecular flexibility index (Phi) is 8.56. The number of hydrogen-bond donors (Lipinski definition) is 0. The van der Waals surface area contributed by atoms with Gasteiger partial charge in [-0.2, -0.15) is 0 Å². The molecule has 1 aliphatic carbocycles. The summed E-state index contributed by atoms with van der Waals surface area (Å²) in [6.45, 7) is 4.70. The number of rotatable bonds is 6. The highest BCUT2D eigenvalue weighted by Gasteiger charge is 2.37. The third kappa shape index (κ3) is 5.97. The van der Waals surface area contributed by atoms with Gasteiger partial charge in [-0.3, -0.25) is 0 Å². The Hall–Kier alpha value is -8.40. The molecular weight excluding hydrogens is 799 g/mol. The number of fused-ring (bicyclic) bond motifs is 8. The molecule has 3 nitrogen and oxygen atoms in total. The van der Waals surface area contributed by atoms with Crippen molar-refractivity contribution in [1.29, 1.82) is 0 Å². The molecular formula is C63H43N3. The number of hydrogen-bond acceptors (Lipinski definition) is 2. The van der Waals surface area contributed by atoms with Crippen LogP contribution in [0.5, 0.6) is 0 Å². The van der Waals surface area contributed by atoms with Crippen LogP contribution in [0.3, 0.4) is 0 Å². The van der Waals surface area contributed by atoms with Crippen molar-refractivity contribution in [3.63, 3.8) is 0 Å². The Labute approximate surface area is 384 Å². The number of para-hydroxylation sites is 2. The van der Waals surface area contributed by atoms with Crippen LogP contribution in [0.4, 0.5) is 0 Å². The molecule has 0 spiro atoms. The SMILES string of the molecule is CC1(C)c2cc3ccccc3cc2-c2c(-c3cc(-c4ccc(-c5ccc(-c6ccc7c(c6)c6ccccc6n7-c6ccccc6)cc5)c5ccccc45)nc(-c4ccccc4)n3)cccc21. The number of nitrogens with zero attached hydrogens (tertiary/aromatic N) is 3. The van der Waals surface area contributed by atoms with E-state index in [1.807, 2.05) is 6.07 Å². The van der Waals surface area contributed by atoms with Gasteiger partial charge in [-0.05, 0) is 115 Å². The Morgan fingerprint density at radius 3 is 1.71 bits per heavy atom. The lowest BCUT2D eigenvalue weighted by Crippen LogP contribution is -2.14. The van der Waals surface area contributed by atoms with E-state index < -0.39 is 0 Å². The Balaban J connectivity index is 0.919. The van der Waals surface area contributed by atoms with Gasteiger partial charge in [0.2, 0.25) is 0 Å². The lowest BCUT2D eigenvalue weighted by Gasteiger charge is -2.22. The van der Waals surface area contributed by atoms with Crippen LogP contribution in [0.2, 0.25) is 0 Å². The molecule has 0 fully saturated rings. The first kappa shape index (κ1) is 38.1.